The molecule has 0 bridgehead atoms. The largest absolute Gasteiger partial charge is 0.381 e. The monoisotopic (exact) mass is 132 g/mol. The van der Waals surface area contributed by atoms with Crippen LogP contribution in [0.15, 0.2) is 0 Å². The Kier molecular flexibility index (Phi) is 1.39. The lowest BCUT2D eigenvalue weighted by atomic mass is 9.94. The van der Waals surface area contributed by atoms with E-state index >= 15 is 0 Å². The summed E-state index contributed by atoms with van der Waals surface area (Å²) in [6.07, 6.45) is 3.19. The van der Waals surface area contributed by atoms with Crippen molar-refractivity contribution in [3.8, 4) is 0 Å². The highest BCUT2D eigenvalue weighted by Crippen LogP contribution is 2.18. The van der Waals surface area contributed by atoms with Crippen molar-refractivity contribution >= 4 is 0 Å². The summed E-state index contributed by atoms with van der Waals surface area (Å²) < 4.78 is 25.6. The standard InChI is InChI=1S/C7H15NO/c1-9-7-4-2-6(8)3-5-7/h6-7H,2-5,8H2,1H3/i1D3. The minimum Gasteiger partial charge on any atom is -0.381 e. The van der Waals surface area contributed by atoms with Gasteiger partial charge in [-0.15, -0.1) is 0 Å². The van der Waals surface area contributed by atoms with Gasteiger partial charge in [-0.2, -0.15) is 0 Å². The predicted molar refractivity (Wildman–Crippen MR) is 37.2 cm³/mol. The first-order valence-corrected chi connectivity index (χ1v) is 3.41. The fourth-order valence-electron chi connectivity index (χ4n) is 1.21. The maximum absolute atomic E-state index is 6.90. The van der Waals surface area contributed by atoms with E-state index in [4.69, 9.17) is 14.6 Å². The second-order valence-corrected chi connectivity index (χ2v) is 2.65. The lowest BCUT2D eigenvalue weighted by Gasteiger charge is -2.24. The zero-order valence-electron chi connectivity index (χ0n) is 8.47. The van der Waals surface area contributed by atoms with E-state index in [1.54, 1.807) is 0 Å². The smallest absolute Gasteiger partial charge is 0.0572 e. The SMILES string of the molecule is [2H]C([2H])([2H])OC1CCC(N)CC1. The van der Waals surface area contributed by atoms with Crippen LogP contribution in [0.5, 0.6) is 0 Å². The minimum absolute atomic E-state index is 0.114. The van der Waals surface area contributed by atoms with Crippen molar-refractivity contribution in [3.63, 3.8) is 0 Å². The third-order valence-electron chi connectivity index (χ3n) is 1.89. The van der Waals surface area contributed by atoms with Gasteiger partial charge in [0.25, 0.3) is 0 Å². The van der Waals surface area contributed by atoms with E-state index in [2.05, 4.69) is 0 Å². The number of rotatable bonds is 1. The van der Waals surface area contributed by atoms with E-state index in [1.165, 1.54) is 0 Å². The molecular weight excluding hydrogens is 114 g/mol. The Labute approximate surface area is 60.6 Å². The van der Waals surface area contributed by atoms with Gasteiger partial charge in [-0.05, 0) is 25.7 Å². The van der Waals surface area contributed by atoms with E-state index in [-0.39, 0.29) is 12.1 Å². The van der Waals surface area contributed by atoms with Gasteiger partial charge in [0, 0.05) is 13.1 Å². The summed E-state index contributed by atoms with van der Waals surface area (Å²) in [6.45, 7) is 0. The van der Waals surface area contributed by atoms with Gasteiger partial charge in [0.1, 0.15) is 0 Å². The number of ether oxygens (including phenoxy) is 1. The van der Waals surface area contributed by atoms with E-state index < -0.39 is 7.04 Å². The molecule has 0 unspecified atom stereocenters. The molecule has 0 spiro atoms. The van der Waals surface area contributed by atoms with Crippen molar-refractivity contribution in [2.75, 3.05) is 7.04 Å². The van der Waals surface area contributed by atoms with Crippen LogP contribution in [0.2, 0.25) is 0 Å². The molecule has 1 rings (SSSR count). The third-order valence-corrected chi connectivity index (χ3v) is 1.89. The zero-order chi connectivity index (χ0) is 9.19. The summed E-state index contributed by atoms with van der Waals surface area (Å²) in [4.78, 5) is 0. The molecule has 0 radical (unpaired) electrons. The molecule has 0 atom stereocenters. The molecule has 0 heterocycles. The van der Waals surface area contributed by atoms with Crippen LogP contribution in [0.1, 0.15) is 29.8 Å². The van der Waals surface area contributed by atoms with Crippen molar-refractivity contribution in [1.82, 2.24) is 0 Å². The number of hydrogen-bond donors (Lipinski definition) is 1. The Morgan fingerprint density at radius 1 is 1.44 bits per heavy atom. The highest BCUT2D eigenvalue weighted by Gasteiger charge is 2.16. The van der Waals surface area contributed by atoms with Crippen molar-refractivity contribution in [3.05, 3.63) is 0 Å². The van der Waals surface area contributed by atoms with Gasteiger partial charge < -0.3 is 10.5 Å². The third kappa shape index (κ3) is 1.95. The average Bonchev–Trinajstić information content (AvgIpc) is 1.91. The first kappa shape index (κ1) is 3.94. The van der Waals surface area contributed by atoms with E-state index in [1.807, 2.05) is 0 Å². The normalized spacial score (nSPS) is 43.0. The second-order valence-electron chi connectivity index (χ2n) is 2.65. The molecule has 0 amide bonds. The fraction of sp³-hybridized carbons (Fsp3) is 1.00. The average molecular weight is 132 g/mol. The van der Waals surface area contributed by atoms with Crippen molar-refractivity contribution in [2.24, 2.45) is 5.73 Å². The fourth-order valence-corrected chi connectivity index (χ4v) is 1.21. The summed E-state index contributed by atoms with van der Waals surface area (Å²) in [5.41, 5.74) is 5.66. The molecule has 2 nitrogen and oxygen atoms in total. The molecule has 9 heavy (non-hydrogen) atoms. The van der Waals surface area contributed by atoms with Crippen LogP contribution in [-0.4, -0.2) is 19.2 Å². The molecule has 2 heteroatoms. The molecule has 1 aliphatic rings. The predicted octanol–water partition coefficient (Wildman–Crippen LogP) is 0.903. The van der Waals surface area contributed by atoms with Gasteiger partial charge in [-0.25, -0.2) is 0 Å². The lowest BCUT2D eigenvalue weighted by molar-refractivity contribution is 0.0664. The zero-order valence-corrected chi connectivity index (χ0v) is 5.47. The van der Waals surface area contributed by atoms with Gasteiger partial charge in [0.05, 0.1) is 10.2 Å². The molecule has 0 saturated heterocycles. The van der Waals surface area contributed by atoms with Crippen LogP contribution in [0, 0.1) is 0 Å². The summed E-state index contributed by atoms with van der Waals surface area (Å²) in [7, 11) is -2.24. The highest BCUT2D eigenvalue weighted by molar-refractivity contribution is 4.73. The van der Waals surface area contributed by atoms with Gasteiger partial charge in [0.15, 0.2) is 0 Å². The molecule has 1 saturated carbocycles. The van der Waals surface area contributed by atoms with Crippen molar-refractivity contribution in [1.29, 1.82) is 0 Å². The lowest BCUT2D eigenvalue weighted by Crippen LogP contribution is -2.29. The molecule has 1 fully saturated rings. The Morgan fingerprint density at radius 3 is 2.67 bits per heavy atom. The molecule has 0 aromatic carbocycles. The maximum Gasteiger partial charge on any atom is 0.0572 e. The number of nitrogens with two attached hydrogens (primary N) is 1. The minimum atomic E-state index is -2.24. The van der Waals surface area contributed by atoms with Crippen LogP contribution in [0.4, 0.5) is 0 Å². The second kappa shape index (κ2) is 3.18. The van der Waals surface area contributed by atoms with Crippen LogP contribution in [0.3, 0.4) is 0 Å². The highest BCUT2D eigenvalue weighted by atomic mass is 16.5. The van der Waals surface area contributed by atoms with Gasteiger partial charge in [-0.3, -0.25) is 0 Å². The topological polar surface area (TPSA) is 35.2 Å². The molecule has 0 aliphatic heterocycles. The first-order valence-electron chi connectivity index (χ1n) is 4.91. The molecule has 0 aromatic heterocycles. The Balaban J connectivity index is 2.26. The van der Waals surface area contributed by atoms with Gasteiger partial charge in [0.2, 0.25) is 0 Å². The van der Waals surface area contributed by atoms with Crippen LogP contribution >= 0.6 is 0 Å². The van der Waals surface area contributed by atoms with Gasteiger partial charge >= 0.3 is 0 Å². The van der Waals surface area contributed by atoms with Gasteiger partial charge in [-0.1, -0.05) is 0 Å². The summed E-state index contributed by atoms with van der Waals surface area (Å²) >= 11 is 0. The summed E-state index contributed by atoms with van der Waals surface area (Å²) in [6, 6.07) is 0.237. The number of methoxy groups -OCH3 is 1. The quantitative estimate of drug-likeness (QED) is 0.575. The molecule has 1 aliphatic carbocycles. The Morgan fingerprint density at radius 2 is 2.11 bits per heavy atom. The molecule has 0 aromatic rings. The van der Waals surface area contributed by atoms with E-state index in [9.17, 15) is 0 Å². The Bertz CT molecular complexity index is 140. The molecular formula is C7H15NO. The van der Waals surface area contributed by atoms with E-state index in [0.717, 1.165) is 25.7 Å². The van der Waals surface area contributed by atoms with E-state index in [0.29, 0.717) is 0 Å². The molecule has 2 N–H and O–H groups in total. The van der Waals surface area contributed by atoms with Crippen molar-refractivity contribution in [2.45, 2.75) is 37.8 Å². The summed E-state index contributed by atoms with van der Waals surface area (Å²) in [5.74, 6) is 0. The van der Waals surface area contributed by atoms with Crippen LogP contribution < -0.4 is 5.73 Å². The van der Waals surface area contributed by atoms with Crippen LogP contribution in [0.25, 0.3) is 0 Å². The Hall–Kier alpha value is -0.0800. The first-order chi connectivity index (χ1) is 5.47. The maximum atomic E-state index is 6.90. The molecule has 54 valence electrons. The van der Waals surface area contributed by atoms with Crippen molar-refractivity contribution < 1.29 is 8.85 Å². The number of hydrogen-bond acceptors (Lipinski definition) is 2. The summed E-state index contributed by atoms with van der Waals surface area (Å²) in [5, 5.41) is 0. The van der Waals surface area contributed by atoms with Crippen LogP contribution in [-0.2, 0) is 4.74 Å².